The van der Waals surface area contributed by atoms with E-state index in [1.165, 1.54) is 19.0 Å². The Bertz CT molecular complexity index is 103. The van der Waals surface area contributed by atoms with E-state index in [0.29, 0.717) is 0 Å². The van der Waals surface area contributed by atoms with Crippen molar-refractivity contribution in [2.75, 3.05) is 6.16 Å². The zero-order valence-electron chi connectivity index (χ0n) is 6.79. The van der Waals surface area contributed by atoms with Gasteiger partial charge in [-0.05, 0) is 6.16 Å². The van der Waals surface area contributed by atoms with Gasteiger partial charge in [-0.2, -0.15) is 0 Å². The van der Waals surface area contributed by atoms with Gasteiger partial charge >= 0.3 is 0 Å². The molecule has 0 amide bonds. The number of nitrogens with zero attached hydrogens (tertiary/aromatic N) is 1. The summed E-state index contributed by atoms with van der Waals surface area (Å²) in [6, 6.07) is 0. The molecule has 0 radical (unpaired) electrons. The van der Waals surface area contributed by atoms with Gasteiger partial charge in [-0.3, -0.25) is 0 Å². The third kappa shape index (κ3) is 13.0. The van der Waals surface area contributed by atoms with Gasteiger partial charge in [-0.1, -0.05) is 19.8 Å². The van der Waals surface area contributed by atoms with Crippen molar-refractivity contribution in [3.05, 3.63) is 18.7 Å². The summed E-state index contributed by atoms with van der Waals surface area (Å²) in [5.74, 6) is 0. The molecule has 0 bridgehead atoms. The topological polar surface area (TPSA) is 28.7 Å². The van der Waals surface area contributed by atoms with Crippen molar-refractivity contribution in [1.82, 2.24) is 9.97 Å². The minimum Gasteiger partial charge on any atom is -0.351 e. The maximum atomic E-state index is 3.67. The van der Waals surface area contributed by atoms with Crippen LogP contribution >= 0.6 is 21.6 Å². The van der Waals surface area contributed by atoms with E-state index in [2.05, 4.69) is 26.1 Å². The Labute approximate surface area is 76.8 Å². The van der Waals surface area contributed by atoms with Gasteiger partial charge in [0.05, 0.1) is 6.33 Å². The molecule has 0 saturated carbocycles. The third-order valence-electron chi connectivity index (χ3n) is 0.964. The normalized spacial score (nSPS) is 7.45. The Morgan fingerprint density at radius 3 is 2.36 bits per heavy atom. The summed E-state index contributed by atoms with van der Waals surface area (Å²) in [4.78, 5) is 6.42. The van der Waals surface area contributed by atoms with Gasteiger partial charge in [0.1, 0.15) is 0 Å². The average Bonchev–Trinajstić information content (AvgIpc) is 2.44. The minimum absolute atomic E-state index is 0. The van der Waals surface area contributed by atoms with Gasteiger partial charge in [0, 0.05) is 12.4 Å². The first-order valence-electron chi connectivity index (χ1n) is 3.54. The molecule has 0 aromatic carbocycles. The number of H-pyrrole nitrogens is 1. The summed E-state index contributed by atoms with van der Waals surface area (Å²) in [6.07, 6.45) is 9.02. The van der Waals surface area contributed by atoms with Gasteiger partial charge in [-0.15, -0.1) is 21.6 Å². The van der Waals surface area contributed by atoms with Crippen molar-refractivity contribution < 1.29 is 0 Å². The SMILES string of the molecule is CCCCP.Cl.c1c[nH]cn1. The zero-order chi connectivity index (χ0) is 7.66. The van der Waals surface area contributed by atoms with E-state index in [9.17, 15) is 0 Å². The van der Waals surface area contributed by atoms with Crippen LogP contribution in [0, 0.1) is 0 Å². The fourth-order valence-electron chi connectivity index (χ4n) is 0.419. The van der Waals surface area contributed by atoms with E-state index in [-0.39, 0.29) is 12.4 Å². The maximum Gasteiger partial charge on any atom is 0.0919 e. The molecular weight excluding hydrogens is 179 g/mol. The molecular formula is C7H16ClN2P. The van der Waals surface area contributed by atoms with E-state index in [4.69, 9.17) is 0 Å². The molecule has 0 saturated heterocycles. The van der Waals surface area contributed by atoms with Crippen LogP contribution in [0.25, 0.3) is 0 Å². The molecule has 0 aliphatic carbocycles. The number of unbranched alkanes of at least 4 members (excludes halogenated alkanes) is 1. The van der Waals surface area contributed by atoms with Crippen molar-refractivity contribution in [2.24, 2.45) is 0 Å². The van der Waals surface area contributed by atoms with E-state index in [1.807, 2.05) is 0 Å². The van der Waals surface area contributed by atoms with E-state index in [0.717, 1.165) is 0 Å². The fourth-order valence-corrected chi connectivity index (χ4v) is 0.828. The lowest BCUT2D eigenvalue weighted by Gasteiger charge is -1.79. The summed E-state index contributed by atoms with van der Waals surface area (Å²) in [7, 11) is 2.70. The lowest BCUT2D eigenvalue weighted by molar-refractivity contribution is 0.897. The molecule has 1 heterocycles. The molecule has 66 valence electrons. The van der Waals surface area contributed by atoms with Gasteiger partial charge in [-0.25, -0.2) is 4.98 Å². The first kappa shape index (κ1) is 13.5. The predicted octanol–water partition coefficient (Wildman–Crippen LogP) is 2.49. The molecule has 4 heteroatoms. The van der Waals surface area contributed by atoms with Crippen LogP contribution in [-0.2, 0) is 0 Å². The van der Waals surface area contributed by atoms with Crippen LogP contribution in [0.5, 0.6) is 0 Å². The molecule has 1 aromatic heterocycles. The number of rotatable bonds is 2. The Kier molecular flexibility index (Phi) is 15.5. The minimum atomic E-state index is 0. The van der Waals surface area contributed by atoms with Crippen molar-refractivity contribution in [1.29, 1.82) is 0 Å². The Morgan fingerprint density at radius 2 is 2.27 bits per heavy atom. The van der Waals surface area contributed by atoms with E-state index >= 15 is 0 Å². The summed E-state index contributed by atoms with van der Waals surface area (Å²) >= 11 is 0. The van der Waals surface area contributed by atoms with Crippen LogP contribution in [0.2, 0.25) is 0 Å². The monoisotopic (exact) mass is 194 g/mol. The van der Waals surface area contributed by atoms with Gasteiger partial charge < -0.3 is 4.98 Å². The van der Waals surface area contributed by atoms with Crippen molar-refractivity contribution in [2.45, 2.75) is 19.8 Å². The highest BCUT2D eigenvalue weighted by molar-refractivity contribution is 7.16. The summed E-state index contributed by atoms with van der Waals surface area (Å²) in [5.41, 5.74) is 0. The molecule has 0 aliphatic rings. The Hall–Kier alpha value is -0.0700. The van der Waals surface area contributed by atoms with Crippen molar-refractivity contribution in [3.63, 3.8) is 0 Å². The lowest BCUT2D eigenvalue weighted by atomic mass is 10.4. The molecule has 0 aliphatic heterocycles. The fraction of sp³-hybridized carbons (Fsp3) is 0.571. The number of nitrogens with one attached hydrogen (secondary N) is 1. The Morgan fingerprint density at radius 1 is 1.55 bits per heavy atom. The van der Waals surface area contributed by atoms with Gasteiger partial charge in [0.15, 0.2) is 0 Å². The van der Waals surface area contributed by atoms with E-state index in [1.54, 1.807) is 18.7 Å². The molecule has 1 atom stereocenters. The lowest BCUT2D eigenvalue weighted by Crippen LogP contribution is -1.64. The van der Waals surface area contributed by atoms with E-state index < -0.39 is 0 Å². The second kappa shape index (κ2) is 12.6. The first-order valence-corrected chi connectivity index (χ1v) is 4.36. The van der Waals surface area contributed by atoms with Crippen LogP contribution in [-0.4, -0.2) is 16.1 Å². The average molecular weight is 195 g/mol. The number of aromatic amines is 1. The number of hydrogen-bond donors (Lipinski definition) is 1. The second-order valence-corrected chi connectivity index (χ2v) is 2.48. The molecule has 2 nitrogen and oxygen atoms in total. The quantitative estimate of drug-likeness (QED) is 0.720. The molecule has 11 heavy (non-hydrogen) atoms. The van der Waals surface area contributed by atoms with Gasteiger partial charge in [0.2, 0.25) is 0 Å². The van der Waals surface area contributed by atoms with Crippen LogP contribution in [0.4, 0.5) is 0 Å². The van der Waals surface area contributed by atoms with Crippen LogP contribution in [0.3, 0.4) is 0 Å². The largest absolute Gasteiger partial charge is 0.351 e. The molecule has 1 unspecified atom stereocenters. The number of hydrogen-bond acceptors (Lipinski definition) is 1. The maximum absolute atomic E-state index is 3.67. The highest BCUT2D eigenvalue weighted by Crippen LogP contribution is 1.89. The predicted molar refractivity (Wildman–Crippen MR) is 55.3 cm³/mol. The zero-order valence-corrected chi connectivity index (χ0v) is 8.76. The van der Waals surface area contributed by atoms with Crippen LogP contribution < -0.4 is 0 Å². The summed E-state index contributed by atoms with van der Waals surface area (Å²) in [6.45, 7) is 2.20. The summed E-state index contributed by atoms with van der Waals surface area (Å²) in [5, 5.41) is 0. The Balaban J connectivity index is 0. The molecule has 1 aromatic rings. The summed E-state index contributed by atoms with van der Waals surface area (Å²) < 4.78 is 0. The van der Waals surface area contributed by atoms with Crippen LogP contribution in [0.1, 0.15) is 19.8 Å². The number of halogens is 1. The van der Waals surface area contributed by atoms with Crippen molar-refractivity contribution in [3.8, 4) is 0 Å². The molecule has 0 spiro atoms. The van der Waals surface area contributed by atoms with Crippen LogP contribution in [0.15, 0.2) is 18.7 Å². The smallest absolute Gasteiger partial charge is 0.0919 e. The molecule has 1 rings (SSSR count). The molecule has 0 fully saturated rings. The standard InChI is InChI=1S/C4H11P.C3H4N2.ClH/c1-2-3-4-5;1-2-5-3-4-1;/h2-5H2,1H3;1-3H,(H,4,5);1H. The highest BCUT2D eigenvalue weighted by Gasteiger charge is 1.68. The van der Waals surface area contributed by atoms with Gasteiger partial charge in [0.25, 0.3) is 0 Å². The number of aromatic nitrogens is 2. The number of imidazole rings is 1. The first-order chi connectivity index (χ1) is 4.91. The molecule has 1 N–H and O–H groups in total. The van der Waals surface area contributed by atoms with Crippen molar-refractivity contribution >= 4 is 21.6 Å². The third-order valence-corrected chi connectivity index (χ3v) is 1.37. The highest BCUT2D eigenvalue weighted by atomic mass is 35.5. The second-order valence-electron chi connectivity index (χ2n) is 1.90.